The highest BCUT2D eigenvalue weighted by molar-refractivity contribution is 5.89. The number of hydrogen-bond acceptors (Lipinski definition) is 5. The number of H-pyrrole nitrogens is 1. The van der Waals surface area contributed by atoms with Crippen LogP contribution in [0.3, 0.4) is 0 Å². The van der Waals surface area contributed by atoms with Gasteiger partial charge in [0.15, 0.2) is 5.43 Å². The van der Waals surface area contributed by atoms with Gasteiger partial charge in [-0.15, -0.1) is 0 Å². The van der Waals surface area contributed by atoms with Crippen molar-refractivity contribution in [2.24, 2.45) is 0 Å². The van der Waals surface area contributed by atoms with Crippen LogP contribution in [0.4, 0.5) is 10.5 Å². The summed E-state index contributed by atoms with van der Waals surface area (Å²) >= 11 is 0. The van der Waals surface area contributed by atoms with E-state index in [1.807, 2.05) is 13.0 Å². The fraction of sp³-hybridized carbons (Fsp3) is 0.364. The molecule has 0 radical (unpaired) electrons. The number of anilines is 1. The number of rotatable bonds is 3. The van der Waals surface area contributed by atoms with Gasteiger partial charge in [-0.1, -0.05) is 0 Å². The third-order valence-electron chi connectivity index (χ3n) is 4.83. The van der Waals surface area contributed by atoms with Gasteiger partial charge >= 0.3 is 6.09 Å². The van der Waals surface area contributed by atoms with Gasteiger partial charge in [0.05, 0.1) is 5.52 Å². The molecule has 1 amide bonds. The fourth-order valence-electron chi connectivity index (χ4n) is 3.44. The first-order chi connectivity index (χ1) is 13.7. The summed E-state index contributed by atoms with van der Waals surface area (Å²) in [5.41, 5.74) is 2.41. The Balaban J connectivity index is 1.59. The van der Waals surface area contributed by atoms with Crippen LogP contribution < -0.4 is 10.7 Å². The molecular weight excluding hydrogens is 368 g/mol. The van der Waals surface area contributed by atoms with Gasteiger partial charge in [0.1, 0.15) is 11.4 Å². The van der Waals surface area contributed by atoms with Crippen LogP contribution in [-0.4, -0.2) is 26.6 Å². The first-order valence-electron chi connectivity index (χ1n) is 9.66. The van der Waals surface area contributed by atoms with Crippen molar-refractivity contribution in [3.05, 3.63) is 64.0 Å². The molecule has 0 spiro atoms. The predicted molar refractivity (Wildman–Crippen MR) is 111 cm³/mol. The molecule has 2 heterocycles. The van der Waals surface area contributed by atoms with E-state index in [1.54, 1.807) is 51.2 Å². The van der Waals surface area contributed by atoms with Crippen molar-refractivity contribution in [3.63, 3.8) is 0 Å². The Hall–Kier alpha value is -3.22. The SMILES string of the molecule is Cc1ccnc([C@H]2C[C@@H]2c2cc(=O)c3ccc(NC(=O)OC(C)(C)C)cc3[nH]2)n1. The van der Waals surface area contributed by atoms with Gasteiger partial charge in [0.25, 0.3) is 0 Å². The van der Waals surface area contributed by atoms with Crippen molar-refractivity contribution in [2.45, 2.75) is 51.6 Å². The molecule has 1 aromatic carbocycles. The van der Waals surface area contributed by atoms with Gasteiger partial charge in [-0.3, -0.25) is 10.1 Å². The monoisotopic (exact) mass is 392 g/mol. The Bertz CT molecular complexity index is 1150. The molecule has 2 N–H and O–H groups in total. The Labute approximate surface area is 168 Å². The lowest BCUT2D eigenvalue weighted by molar-refractivity contribution is 0.0636. The number of carbonyl (C=O) groups is 1. The van der Waals surface area contributed by atoms with E-state index in [0.717, 1.165) is 23.6 Å². The third kappa shape index (κ3) is 4.29. The molecule has 1 saturated carbocycles. The molecule has 4 rings (SSSR count). The molecule has 0 unspecified atom stereocenters. The van der Waals surface area contributed by atoms with Gasteiger partial charge in [-0.05, 0) is 58.4 Å². The van der Waals surface area contributed by atoms with Crippen LogP contribution in [0, 0.1) is 6.92 Å². The minimum atomic E-state index is -0.582. The molecule has 0 bridgehead atoms. The highest BCUT2D eigenvalue weighted by Gasteiger charge is 2.42. The quantitative estimate of drug-likeness (QED) is 0.695. The van der Waals surface area contributed by atoms with E-state index in [2.05, 4.69) is 20.3 Å². The van der Waals surface area contributed by atoms with E-state index in [9.17, 15) is 9.59 Å². The summed E-state index contributed by atoms with van der Waals surface area (Å²) < 4.78 is 5.29. The summed E-state index contributed by atoms with van der Waals surface area (Å²) in [5.74, 6) is 1.22. The van der Waals surface area contributed by atoms with Crippen LogP contribution in [0.25, 0.3) is 10.9 Å². The van der Waals surface area contributed by atoms with E-state index < -0.39 is 11.7 Å². The smallest absolute Gasteiger partial charge is 0.412 e. The molecular formula is C22H24N4O3. The second kappa shape index (κ2) is 6.99. The first kappa shape index (κ1) is 19.1. The average Bonchev–Trinajstić information content (AvgIpc) is 3.40. The third-order valence-corrected chi connectivity index (χ3v) is 4.83. The highest BCUT2D eigenvalue weighted by Crippen LogP contribution is 2.52. The Morgan fingerprint density at radius 3 is 2.72 bits per heavy atom. The van der Waals surface area contributed by atoms with Crippen molar-refractivity contribution >= 4 is 22.7 Å². The Morgan fingerprint density at radius 2 is 2.00 bits per heavy atom. The van der Waals surface area contributed by atoms with Crippen LogP contribution >= 0.6 is 0 Å². The lowest BCUT2D eigenvalue weighted by atomic mass is 10.1. The number of aryl methyl sites for hydroxylation is 1. The van der Waals surface area contributed by atoms with Crippen LogP contribution in [-0.2, 0) is 4.74 Å². The van der Waals surface area contributed by atoms with Crippen molar-refractivity contribution in [1.82, 2.24) is 15.0 Å². The number of pyridine rings is 1. The number of carbonyl (C=O) groups excluding carboxylic acids is 1. The van der Waals surface area contributed by atoms with E-state index in [0.29, 0.717) is 16.6 Å². The van der Waals surface area contributed by atoms with E-state index in [1.165, 1.54) is 0 Å². The van der Waals surface area contributed by atoms with Gasteiger partial charge in [0.2, 0.25) is 0 Å². The maximum atomic E-state index is 12.6. The summed E-state index contributed by atoms with van der Waals surface area (Å²) in [7, 11) is 0. The number of aromatic nitrogens is 3. The number of amides is 1. The summed E-state index contributed by atoms with van der Waals surface area (Å²) in [6.45, 7) is 7.36. The molecule has 1 aliphatic rings. The molecule has 2 atom stereocenters. The number of nitrogens with zero attached hydrogens (tertiary/aromatic N) is 2. The predicted octanol–water partition coefficient (Wildman–Crippen LogP) is 4.24. The van der Waals surface area contributed by atoms with Crippen molar-refractivity contribution < 1.29 is 9.53 Å². The zero-order valence-electron chi connectivity index (χ0n) is 16.9. The topological polar surface area (TPSA) is 97.0 Å². The fourth-order valence-corrected chi connectivity index (χ4v) is 3.44. The molecule has 2 aromatic heterocycles. The van der Waals surface area contributed by atoms with Crippen molar-refractivity contribution in [1.29, 1.82) is 0 Å². The van der Waals surface area contributed by atoms with Gasteiger partial charge in [-0.25, -0.2) is 14.8 Å². The molecule has 7 nitrogen and oxygen atoms in total. The number of hydrogen-bond donors (Lipinski definition) is 2. The lowest BCUT2D eigenvalue weighted by Gasteiger charge is -2.19. The van der Waals surface area contributed by atoms with Crippen LogP contribution in [0.15, 0.2) is 41.3 Å². The molecule has 0 aliphatic heterocycles. The summed E-state index contributed by atoms with van der Waals surface area (Å²) in [6.07, 6.45) is 2.14. The van der Waals surface area contributed by atoms with Crippen molar-refractivity contribution in [2.75, 3.05) is 5.32 Å². The van der Waals surface area contributed by atoms with E-state index >= 15 is 0 Å². The second-order valence-electron chi connectivity index (χ2n) is 8.48. The molecule has 1 fully saturated rings. The first-order valence-corrected chi connectivity index (χ1v) is 9.66. The molecule has 1 aliphatic carbocycles. The van der Waals surface area contributed by atoms with Gasteiger partial charge < -0.3 is 9.72 Å². The van der Waals surface area contributed by atoms with E-state index in [-0.39, 0.29) is 17.3 Å². The number of benzene rings is 1. The van der Waals surface area contributed by atoms with Crippen LogP contribution in [0.2, 0.25) is 0 Å². The van der Waals surface area contributed by atoms with Crippen LogP contribution in [0.1, 0.15) is 56.2 Å². The Kier molecular flexibility index (Phi) is 4.61. The molecule has 150 valence electrons. The number of nitrogens with one attached hydrogen (secondary N) is 2. The van der Waals surface area contributed by atoms with Crippen LogP contribution in [0.5, 0.6) is 0 Å². The highest BCUT2D eigenvalue weighted by atomic mass is 16.6. The molecule has 29 heavy (non-hydrogen) atoms. The second-order valence-corrected chi connectivity index (χ2v) is 8.48. The minimum absolute atomic E-state index is 0.0478. The summed E-state index contributed by atoms with van der Waals surface area (Å²) in [6, 6.07) is 8.69. The average molecular weight is 392 g/mol. The largest absolute Gasteiger partial charge is 0.444 e. The maximum Gasteiger partial charge on any atom is 0.412 e. The number of ether oxygens (including phenoxy) is 1. The van der Waals surface area contributed by atoms with E-state index in [4.69, 9.17) is 4.74 Å². The summed E-state index contributed by atoms with van der Waals surface area (Å²) in [5, 5.41) is 3.29. The minimum Gasteiger partial charge on any atom is -0.444 e. The maximum absolute atomic E-state index is 12.6. The Morgan fingerprint density at radius 1 is 1.21 bits per heavy atom. The van der Waals surface area contributed by atoms with Gasteiger partial charge in [0, 0.05) is 46.6 Å². The summed E-state index contributed by atoms with van der Waals surface area (Å²) in [4.78, 5) is 36.9. The lowest BCUT2D eigenvalue weighted by Crippen LogP contribution is -2.27. The zero-order valence-corrected chi connectivity index (χ0v) is 16.9. The zero-order chi connectivity index (χ0) is 20.8. The number of aromatic amines is 1. The normalized spacial score (nSPS) is 18.5. The molecule has 7 heteroatoms. The van der Waals surface area contributed by atoms with Crippen molar-refractivity contribution in [3.8, 4) is 0 Å². The number of fused-ring (bicyclic) bond motifs is 1. The standard InChI is InChI=1S/C22H24N4O3/c1-12-7-8-23-20(24-12)16-10-15(16)18-11-19(27)14-6-5-13(9-17(14)26-18)25-21(28)29-22(2,3)4/h5-9,11,15-16H,10H2,1-4H3,(H,25,28)(H,26,27)/t15-,16-/m0/s1. The van der Waals surface area contributed by atoms with Gasteiger partial charge in [-0.2, -0.15) is 0 Å². The molecule has 3 aromatic rings. The molecule has 0 saturated heterocycles.